The fourth-order valence-electron chi connectivity index (χ4n) is 3.09. The lowest BCUT2D eigenvalue weighted by atomic mass is 10.1. The van der Waals surface area contributed by atoms with Crippen LogP contribution in [0, 0.1) is 11.3 Å². The van der Waals surface area contributed by atoms with Gasteiger partial charge in [0.2, 0.25) is 0 Å². The summed E-state index contributed by atoms with van der Waals surface area (Å²) in [7, 11) is 1.60. The highest BCUT2D eigenvalue weighted by Gasteiger charge is 2.11. The number of nitrogens with zero attached hydrogens (tertiary/aromatic N) is 2. The Morgan fingerprint density at radius 2 is 2.03 bits per heavy atom. The number of methoxy groups -OCH3 is 1. The molecule has 1 aromatic heterocycles. The van der Waals surface area contributed by atoms with Crippen LogP contribution in [0.4, 0.5) is 5.69 Å². The number of rotatable bonds is 8. The number of nitriles is 1. The third-order valence-electron chi connectivity index (χ3n) is 5.01. The Morgan fingerprint density at radius 1 is 1.21 bits per heavy atom. The molecule has 3 rings (SSSR count). The number of hydrogen-bond donors (Lipinski definition) is 2. The Balaban J connectivity index is 1.95. The van der Waals surface area contributed by atoms with Gasteiger partial charge in [-0.25, -0.2) is 0 Å². The van der Waals surface area contributed by atoms with Gasteiger partial charge >= 0.3 is 0 Å². The molecule has 0 radical (unpaired) electrons. The van der Waals surface area contributed by atoms with Crippen molar-refractivity contribution in [3.8, 4) is 11.8 Å². The van der Waals surface area contributed by atoms with Crippen LogP contribution in [0.25, 0.3) is 10.9 Å². The van der Waals surface area contributed by atoms with Crippen molar-refractivity contribution in [2.45, 2.75) is 39.4 Å². The van der Waals surface area contributed by atoms with Crippen molar-refractivity contribution in [1.82, 2.24) is 10.3 Å². The van der Waals surface area contributed by atoms with Gasteiger partial charge in [0.15, 0.2) is 0 Å². The maximum atomic E-state index is 9.32. The topological polar surface area (TPSA) is 70.0 Å². The number of anilines is 1. The molecule has 2 N–H and O–H groups in total. The van der Waals surface area contributed by atoms with E-state index in [2.05, 4.69) is 35.5 Å². The molecule has 5 nitrogen and oxygen atoms in total. The van der Waals surface area contributed by atoms with E-state index < -0.39 is 0 Å². The van der Waals surface area contributed by atoms with Gasteiger partial charge in [-0.1, -0.05) is 24.6 Å². The number of benzene rings is 2. The van der Waals surface area contributed by atoms with Gasteiger partial charge in [0, 0.05) is 42.0 Å². The minimum Gasteiger partial charge on any atom is -0.495 e. The second kappa shape index (κ2) is 9.60. The summed E-state index contributed by atoms with van der Waals surface area (Å²) in [6, 6.07) is 13.9. The van der Waals surface area contributed by atoms with Gasteiger partial charge in [-0.3, -0.25) is 4.98 Å². The Hall–Kier alpha value is -2.81. The molecule has 1 heterocycles. The van der Waals surface area contributed by atoms with Crippen molar-refractivity contribution in [1.29, 1.82) is 5.26 Å². The molecule has 150 valence electrons. The molecule has 6 heteroatoms. The zero-order valence-electron chi connectivity index (χ0n) is 16.9. The van der Waals surface area contributed by atoms with E-state index in [1.54, 1.807) is 13.2 Å². The average Bonchev–Trinajstić information content (AvgIpc) is 2.75. The first-order valence-corrected chi connectivity index (χ1v) is 10.0. The summed E-state index contributed by atoms with van der Waals surface area (Å²) in [5.74, 6) is 0.655. The predicted octanol–water partition coefficient (Wildman–Crippen LogP) is 5.27. The first kappa shape index (κ1) is 20.9. The Labute approximate surface area is 176 Å². The van der Waals surface area contributed by atoms with E-state index in [9.17, 15) is 5.26 Å². The van der Waals surface area contributed by atoms with Gasteiger partial charge in [0.1, 0.15) is 5.75 Å². The predicted molar refractivity (Wildman–Crippen MR) is 118 cm³/mol. The lowest BCUT2D eigenvalue weighted by Crippen LogP contribution is -2.25. The number of halogens is 1. The zero-order valence-corrected chi connectivity index (χ0v) is 17.7. The van der Waals surface area contributed by atoms with Crippen LogP contribution in [0.3, 0.4) is 0 Å². The molecule has 0 aliphatic rings. The Kier molecular flexibility index (Phi) is 6.92. The van der Waals surface area contributed by atoms with E-state index >= 15 is 0 Å². The summed E-state index contributed by atoms with van der Waals surface area (Å²) < 4.78 is 5.23. The molecule has 0 saturated carbocycles. The molecule has 29 heavy (non-hydrogen) atoms. The van der Waals surface area contributed by atoms with Crippen LogP contribution in [0.1, 0.15) is 37.0 Å². The van der Waals surface area contributed by atoms with E-state index in [1.165, 1.54) is 0 Å². The minimum atomic E-state index is 0.407. The van der Waals surface area contributed by atoms with Crippen molar-refractivity contribution in [2.24, 2.45) is 0 Å². The smallest absolute Gasteiger partial charge is 0.137 e. The zero-order chi connectivity index (χ0) is 20.8. The highest BCUT2D eigenvalue weighted by molar-refractivity contribution is 6.32. The standard InChI is InChI=1S/C23H25ClN4O/c1-4-15(2)26-13-18-14-27-21-7-5-16(11-25)9-19(21)23(18)28-12-17-6-8-22(29-3)20(24)10-17/h5-10,14-15,26H,4,12-13H2,1-3H3,(H,27,28). The van der Waals surface area contributed by atoms with Gasteiger partial charge < -0.3 is 15.4 Å². The molecule has 1 atom stereocenters. The summed E-state index contributed by atoms with van der Waals surface area (Å²) in [5.41, 5.74) is 4.55. The molecule has 0 aliphatic heterocycles. The van der Waals surface area contributed by atoms with E-state index in [4.69, 9.17) is 16.3 Å². The fourth-order valence-corrected chi connectivity index (χ4v) is 3.37. The molecule has 0 bridgehead atoms. The van der Waals surface area contributed by atoms with Crippen LogP contribution in [0.5, 0.6) is 5.75 Å². The van der Waals surface area contributed by atoms with Crippen LogP contribution < -0.4 is 15.4 Å². The van der Waals surface area contributed by atoms with E-state index in [0.29, 0.717) is 35.5 Å². The summed E-state index contributed by atoms with van der Waals surface area (Å²) >= 11 is 6.27. The van der Waals surface area contributed by atoms with Crippen molar-refractivity contribution < 1.29 is 4.74 Å². The summed E-state index contributed by atoms with van der Waals surface area (Å²) in [6.45, 7) is 5.60. The Morgan fingerprint density at radius 3 is 2.72 bits per heavy atom. The lowest BCUT2D eigenvalue weighted by Gasteiger charge is -2.18. The SMILES string of the molecule is CCC(C)NCc1cnc2ccc(C#N)cc2c1NCc1ccc(OC)c(Cl)c1. The van der Waals surface area contributed by atoms with E-state index in [-0.39, 0.29) is 0 Å². The summed E-state index contributed by atoms with van der Waals surface area (Å²) in [5, 5.41) is 17.9. The molecule has 0 saturated heterocycles. The van der Waals surface area contributed by atoms with Crippen LogP contribution in [-0.2, 0) is 13.1 Å². The molecule has 0 aliphatic carbocycles. The summed E-state index contributed by atoms with van der Waals surface area (Å²) in [4.78, 5) is 4.59. The number of ether oxygens (including phenoxy) is 1. The van der Waals surface area contributed by atoms with Crippen LogP contribution in [-0.4, -0.2) is 18.1 Å². The lowest BCUT2D eigenvalue weighted by molar-refractivity contribution is 0.415. The second-order valence-electron chi connectivity index (χ2n) is 7.01. The number of hydrogen-bond acceptors (Lipinski definition) is 5. The van der Waals surface area contributed by atoms with Gasteiger partial charge in [-0.15, -0.1) is 0 Å². The van der Waals surface area contributed by atoms with Gasteiger partial charge in [-0.05, 0) is 49.2 Å². The number of fused-ring (bicyclic) bond motifs is 1. The normalized spacial score (nSPS) is 11.8. The van der Waals surface area contributed by atoms with Crippen molar-refractivity contribution in [3.63, 3.8) is 0 Å². The molecular formula is C23H25ClN4O. The second-order valence-corrected chi connectivity index (χ2v) is 7.42. The monoisotopic (exact) mass is 408 g/mol. The third-order valence-corrected chi connectivity index (χ3v) is 5.31. The van der Waals surface area contributed by atoms with E-state index in [0.717, 1.165) is 34.1 Å². The fraction of sp³-hybridized carbons (Fsp3) is 0.304. The van der Waals surface area contributed by atoms with Crippen LogP contribution in [0.15, 0.2) is 42.6 Å². The molecule has 0 spiro atoms. The number of nitrogens with one attached hydrogen (secondary N) is 2. The third kappa shape index (κ3) is 4.97. The van der Waals surface area contributed by atoms with E-state index in [1.807, 2.05) is 36.5 Å². The van der Waals surface area contributed by atoms with Crippen LogP contribution >= 0.6 is 11.6 Å². The molecule has 0 amide bonds. The quantitative estimate of drug-likeness (QED) is 0.531. The highest BCUT2D eigenvalue weighted by atomic mass is 35.5. The van der Waals surface area contributed by atoms with Gasteiger partial charge in [0.25, 0.3) is 0 Å². The summed E-state index contributed by atoms with van der Waals surface area (Å²) in [6.07, 6.45) is 2.94. The van der Waals surface area contributed by atoms with Crippen molar-refractivity contribution in [3.05, 3.63) is 64.3 Å². The molecule has 3 aromatic rings. The first-order valence-electron chi connectivity index (χ1n) is 9.67. The molecule has 0 fully saturated rings. The Bertz CT molecular complexity index is 1040. The van der Waals surface area contributed by atoms with Crippen molar-refractivity contribution >= 4 is 28.2 Å². The molecule has 1 unspecified atom stereocenters. The molecular weight excluding hydrogens is 384 g/mol. The maximum Gasteiger partial charge on any atom is 0.137 e. The highest BCUT2D eigenvalue weighted by Crippen LogP contribution is 2.29. The van der Waals surface area contributed by atoms with Gasteiger partial charge in [-0.2, -0.15) is 5.26 Å². The average molecular weight is 409 g/mol. The molecule has 2 aromatic carbocycles. The minimum absolute atomic E-state index is 0.407. The largest absolute Gasteiger partial charge is 0.495 e. The number of pyridine rings is 1. The first-order chi connectivity index (χ1) is 14.0. The van der Waals surface area contributed by atoms with Crippen LogP contribution in [0.2, 0.25) is 5.02 Å². The maximum absolute atomic E-state index is 9.32. The number of aromatic nitrogens is 1. The van der Waals surface area contributed by atoms with Gasteiger partial charge in [0.05, 0.1) is 29.3 Å². The van der Waals surface area contributed by atoms with Crippen molar-refractivity contribution in [2.75, 3.05) is 12.4 Å².